The molecule has 1 aliphatic carbocycles. The molecule has 0 radical (unpaired) electrons. The number of rotatable bonds is 4. The van der Waals surface area contributed by atoms with Crippen molar-refractivity contribution in [3.8, 4) is 0 Å². The van der Waals surface area contributed by atoms with Crippen molar-refractivity contribution >= 4 is 5.97 Å². The summed E-state index contributed by atoms with van der Waals surface area (Å²) in [5, 5.41) is 3.26. The molecule has 0 amide bonds. The van der Waals surface area contributed by atoms with Crippen LogP contribution >= 0.6 is 0 Å². The number of nitrogens with one attached hydrogen (secondary N) is 1. The first-order valence-corrected chi connectivity index (χ1v) is 8.25. The maximum Gasteiger partial charge on any atom is 0.326 e. The Morgan fingerprint density at radius 1 is 1.35 bits per heavy atom. The highest BCUT2D eigenvalue weighted by molar-refractivity contribution is 5.81. The summed E-state index contributed by atoms with van der Waals surface area (Å²) in [6.07, 6.45) is 8.18. The molecule has 1 saturated carbocycles. The Labute approximate surface area is 123 Å². The first-order chi connectivity index (χ1) is 9.63. The molecule has 2 fully saturated rings. The summed E-state index contributed by atoms with van der Waals surface area (Å²) in [5.74, 6) is -0.0625. The van der Waals surface area contributed by atoms with Crippen LogP contribution in [0.25, 0.3) is 0 Å². The zero-order valence-electron chi connectivity index (χ0n) is 13.3. The van der Waals surface area contributed by atoms with Crippen molar-refractivity contribution < 1.29 is 9.53 Å². The molecule has 116 valence electrons. The van der Waals surface area contributed by atoms with Gasteiger partial charge in [0.25, 0.3) is 0 Å². The van der Waals surface area contributed by atoms with Crippen molar-refractivity contribution in [3.63, 3.8) is 0 Å². The monoisotopic (exact) mass is 282 g/mol. The molecule has 0 aromatic heterocycles. The van der Waals surface area contributed by atoms with Gasteiger partial charge in [0.2, 0.25) is 0 Å². The van der Waals surface area contributed by atoms with Crippen molar-refractivity contribution in [3.05, 3.63) is 0 Å². The summed E-state index contributed by atoms with van der Waals surface area (Å²) in [4.78, 5) is 14.9. The number of nitrogens with zero attached hydrogens (tertiary/aromatic N) is 1. The average Bonchev–Trinajstić information content (AvgIpc) is 2.77. The van der Waals surface area contributed by atoms with Crippen LogP contribution in [0.2, 0.25) is 0 Å². The van der Waals surface area contributed by atoms with Crippen LogP contribution in [0.1, 0.15) is 58.8 Å². The third kappa shape index (κ3) is 3.17. The summed E-state index contributed by atoms with van der Waals surface area (Å²) in [5.41, 5.74) is -0.452. The van der Waals surface area contributed by atoms with E-state index in [1.54, 1.807) is 0 Å². The van der Waals surface area contributed by atoms with Crippen LogP contribution in [0.3, 0.4) is 0 Å². The molecule has 1 saturated heterocycles. The summed E-state index contributed by atoms with van der Waals surface area (Å²) in [6.45, 7) is 5.88. The van der Waals surface area contributed by atoms with Gasteiger partial charge < -0.3 is 10.1 Å². The van der Waals surface area contributed by atoms with Gasteiger partial charge in [0.05, 0.1) is 6.61 Å². The Morgan fingerprint density at radius 3 is 2.85 bits per heavy atom. The maximum absolute atomic E-state index is 12.3. The SMILES string of the molecule is CCOC(=O)C1(NC)CCC(N2CCCCCC2C)C1. The van der Waals surface area contributed by atoms with E-state index in [0.29, 0.717) is 18.7 Å². The molecule has 2 aliphatic rings. The minimum atomic E-state index is -0.452. The fourth-order valence-electron chi connectivity index (χ4n) is 3.93. The molecular weight excluding hydrogens is 252 g/mol. The highest BCUT2D eigenvalue weighted by atomic mass is 16.5. The van der Waals surface area contributed by atoms with E-state index in [1.165, 1.54) is 32.2 Å². The molecule has 0 aromatic rings. The van der Waals surface area contributed by atoms with Gasteiger partial charge in [0.15, 0.2) is 0 Å². The average molecular weight is 282 g/mol. The van der Waals surface area contributed by atoms with Gasteiger partial charge in [-0.1, -0.05) is 12.8 Å². The lowest BCUT2D eigenvalue weighted by atomic mass is 9.97. The van der Waals surface area contributed by atoms with Crippen LogP contribution in [0.15, 0.2) is 0 Å². The van der Waals surface area contributed by atoms with E-state index < -0.39 is 5.54 Å². The van der Waals surface area contributed by atoms with E-state index in [4.69, 9.17) is 4.74 Å². The lowest BCUT2D eigenvalue weighted by molar-refractivity contribution is -0.151. The summed E-state index contributed by atoms with van der Waals surface area (Å²) < 4.78 is 5.29. The lowest BCUT2D eigenvalue weighted by Crippen LogP contribution is -2.51. The second-order valence-corrected chi connectivity index (χ2v) is 6.39. The highest BCUT2D eigenvalue weighted by Crippen LogP contribution is 2.36. The number of hydrogen-bond donors (Lipinski definition) is 1. The number of carbonyl (C=O) groups excluding carboxylic acids is 1. The number of carbonyl (C=O) groups is 1. The Bertz CT molecular complexity index is 334. The minimum absolute atomic E-state index is 0.0625. The fraction of sp³-hybridized carbons (Fsp3) is 0.938. The first kappa shape index (κ1) is 15.8. The predicted octanol–water partition coefficient (Wildman–Crippen LogP) is 2.32. The van der Waals surface area contributed by atoms with Gasteiger partial charge >= 0.3 is 5.97 Å². The third-order valence-corrected chi connectivity index (χ3v) is 5.21. The molecule has 1 heterocycles. The maximum atomic E-state index is 12.3. The quantitative estimate of drug-likeness (QED) is 0.804. The topological polar surface area (TPSA) is 41.6 Å². The van der Waals surface area contributed by atoms with Crippen molar-refractivity contribution in [1.82, 2.24) is 10.2 Å². The zero-order chi connectivity index (χ0) is 14.6. The highest BCUT2D eigenvalue weighted by Gasteiger charge is 2.47. The second kappa shape index (κ2) is 6.90. The summed E-state index contributed by atoms with van der Waals surface area (Å²) >= 11 is 0. The Balaban J connectivity index is 2.03. The number of hydrogen-bond acceptors (Lipinski definition) is 4. The van der Waals surface area contributed by atoms with Crippen molar-refractivity contribution in [1.29, 1.82) is 0 Å². The molecule has 3 atom stereocenters. The van der Waals surface area contributed by atoms with E-state index in [2.05, 4.69) is 17.1 Å². The van der Waals surface area contributed by atoms with Crippen LogP contribution in [0, 0.1) is 0 Å². The van der Waals surface area contributed by atoms with Gasteiger partial charge in [-0.25, -0.2) is 0 Å². The van der Waals surface area contributed by atoms with Crippen molar-refractivity contribution in [2.45, 2.75) is 76.4 Å². The molecule has 1 N–H and O–H groups in total. The van der Waals surface area contributed by atoms with Crippen molar-refractivity contribution in [2.75, 3.05) is 20.2 Å². The van der Waals surface area contributed by atoms with E-state index in [0.717, 1.165) is 19.3 Å². The van der Waals surface area contributed by atoms with Crippen molar-refractivity contribution in [2.24, 2.45) is 0 Å². The molecule has 4 nitrogen and oxygen atoms in total. The Kier molecular flexibility index (Phi) is 5.44. The standard InChI is InChI=1S/C16H30N2O2/c1-4-20-15(19)16(17-3)10-9-14(12-16)18-11-7-5-6-8-13(18)2/h13-14,17H,4-12H2,1-3H3. The number of likely N-dealkylation sites (N-methyl/N-ethyl adjacent to an activating group) is 1. The molecule has 20 heavy (non-hydrogen) atoms. The second-order valence-electron chi connectivity index (χ2n) is 6.39. The van der Waals surface area contributed by atoms with Crippen LogP contribution in [-0.2, 0) is 9.53 Å². The van der Waals surface area contributed by atoms with Gasteiger partial charge in [-0.15, -0.1) is 0 Å². The normalized spacial score (nSPS) is 35.8. The fourth-order valence-corrected chi connectivity index (χ4v) is 3.93. The van der Waals surface area contributed by atoms with Gasteiger partial charge in [-0.3, -0.25) is 9.69 Å². The smallest absolute Gasteiger partial charge is 0.326 e. The van der Waals surface area contributed by atoms with Crippen LogP contribution in [0.4, 0.5) is 0 Å². The molecule has 0 aromatic carbocycles. The zero-order valence-corrected chi connectivity index (χ0v) is 13.3. The summed E-state index contributed by atoms with van der Waals surface area (Å²) in [7, 11) is 1.89. The molecular formula is C16H30N2O2. The number of esters is 1. The molecule has 3 unspecified atom stereocenters. The van der Waals surface area contributed by atoms with Crippen LogP contribution in [0.5, 0.6) is 0 Å². The van der Waals surface area contributed by atoms with E-state index in [9.17, 15) is 4.79 Å². The van der Waals surface area contributed by atoms with Gasteiger partial charge in [-0.2, -0.15) is 0 Å². The Morgan fingerprint density at radius 2 is 2.15 bits per heavy atom. The summed E-state index contributed by atoms with van der Waals surface area (Å²) in [6, 6.07) is 1.18. The van der Waals surface area contributed by atoms with Crippen LogP contribution in [-0.4, -0.2) is 48.7 Å². The molecule has 0 spiro atoms. The van der Waals surface area contributed by atoms with Gasteiger partial charge in [-0.05, 0) is 59.5 Å². The molecule has 4 heteroatoms. The molecule has 2 rings (SSSR count). The minimum Gasteiger partial charge on any atom is -0.465 e. The Hall–Kier alpha value is -0.610. The largest absolute Gasteiger partial charge is 0.465 e. The third-order valence-electron chi connectivity index (χ3n) is 5.21. The first-order valence-electron chi connectivity index (χ1n) is 8.25. The van der Waals surface area contributed by atoms with E-state index >= 15 is 0 Å². The molecule has 1 aliphatic heterocycles. The van der Waals surface area contributed by atoms with E-state index in [-0.39, 0.29) is 5.97 Å². The van der Waals surface area contributed by atoms with E-state index in [1.807, 2.05) is 14.0 Å². The number of ether oxygens (including phenoxy) is 1. The van der Waals surface area contributed by atoms with Gasteiger partial charge in [0.1, 0.15) is 5.54 Å². The molecule has 0 bridgehead atoms. The van der Waals surface area contributed by atoms with Gasteiger partial charge in [0, 0.05) is 12.1 Å². The van der Waals surface area contributed by atoms with Crippen LogP contribution < -0.4 is 5.32 Å². The predicted molar refractivity (Wildman–Crippen MR) is 80.7 cm³/mol. The lowest BCUT2D eigenvalue weighted by Gasteiger charge is -2.34. The number of likely N-dealkylation sites (tertiary alicyclic amines) is 1.